The van der Waals surface area contributed by atoms with Crippen LogP contribution in [-0.4, -0.2) is 44.7 Å². The number of aromatic nitrogens is 4. The summed E-state index contributed by atoms with van der Waals surface area (Å²) in [6, 6.07) is 14.7. The number of likely N-dealkylation sites (tertiary alicyclic amines) is 1. The topological polar surface area (TPSA) is 66.8 Å². The van der Waals surface area contributed by atoms with Gasteiger partial charge >= 0.3 is 0 Å². The lowest BCUT2D eigenvalue weighted by atomic mass is 9.94. The van der Waals surface area contributed by atoms with Crippen molar-refractivity contribution in [3.8, 4) is 11.1 Å². The lowest BCUT2D eigenvalue weighted by Gasteiger charge is -2.14. The fourth-order valence-electron chi connectivity index (χ4n) is 4.99. The summed E-state index contributed by atoms with van der Waals surface area (Å²) >= 11 is 0. The van der Waals surface area contributed by atoms with Crippen LogP contribution in [0.4, 0.5) is 11.6 Å². The highest BCUT2D eigenvalue weighted by Gasteiger charge is 2.12. The molecule has 5 rings (SSSR count). The molecule has 0 radical (unpaired) electrons. The van der Waals surface area contributed by atoms with Gasteiger partial charge in [-0.05, 0) is 118 Å². The van der Waals surface area contributed by atoms with Crippen molar-refractivity contribution in [2.45, 2.75) is 46.5 Å². The van der Waals surface area contributed by atoms with E-state index in [1.54, 1.807) is 0 Å². The molecule has 0 saturated carbocycles. The zero-order valence-electron chi connectivity index (χ0n) is 20.3. The minimum Gasteiger partial charge on any atom is -0.323 e. The van der Waals surface area contributed by atoms with E-state index in [0.29, 0.717) is 5.95 Å². The quantitative estimate of drug-likeness (QED) is 0.383. The highest BCUT2D eigenvalue weighted by molar-refractivity contribution is 5.86. The van der Waals surface area contributed by atoms with Crippen molar-refractivity contribution in [1.29, 1.82) is 0 Å². The lowest BCUT2D eigenvalue weighted by molar-refractivity contribution is 0.333. The standard InChI is InChI=1S/C28H32N6/c1-19-8-6-9-20(2)26(19)22-16-21(3)27-25(17-22)32-33-28(31-27)30-24-11-12-29-23(18-24)10-7-15-34-13-4-5-14-34/h6,8-9,11-12,16-18H,4-5,7,10,13-15H2,1-3H3,(H,29,30,31,33). The molecule has 34 heavy (non-hydrogen) atoms. The Bertz CT molecular complexity index is 1290. The van der Waals surface area contributed by atoms with Crippen LogP contribution in [-0.2, 0) is 6.42 Å². The van der Waals surface area contributed by atoms with Crippen molar-refractivity contribution >= 4 is 22.7 Å². The number of benzene rings is 2. The second kappa shape index (κ2) is 9.85. The molecule has 0 spiro atoms. The van der Waals surface area contributed by atoms with Gasteiger partial charge < -0.3 is 10.2 Å². The molecule has 0 unspecified atom stereocenters. The van der Waals surface area contributed by atoms with Crippen molar-refractivity contribution in [2.24, 2.45) is 0 Å². The Hall–Kier alpha value is -3.38. The Balaban J connectivity index is 1.33. The van der Waals surface area contributed by atoms with Gasteiger partial charge in [0, 0.05) is 17.6 Å². The molecule has 4 aromatic rings. The largest absolute Gasteiger partial charge is 0.323 e. The van der Waals surface area contributed by atoms with Gasteiger partial charge in [0.25, 0.3) is 0 Å². The van der Waals surface area contributed by atoms with Crippen molar-refractivity contribution in [3.63, 3.8) is 0 Å². The van der Waals surface area contributed by atoms with Crippen LogP contribution in [0.15, 0.2) is 48.7 Å². The molecule has 1 fully saturated rings. The average molecular weight is 453 g/mol. The minimum absolute atomic E-state index is 0.504. The first-order chi connectivity index (χ1) is 16.6. The van der Waals surface area contributed by atoms with E-state index in [-0.39, 0.29) is 0 Å². The smallest absolute Gasteiger partial charge is 0.247 e. The second-order valence-electron chi connectivity index (χ2n) is 9.38. The molecule has 6 heteroatoms. The Morgan fingerprint density at radius 3 is 2.50 bits per heavy atom. The Morgan fingerprint density at radius 1 is 0.912 bits per heavy atom. The normalized spacial score (nSPS) is 14.1. The van der Waals surface area contributed by atoms with Crippen LogP contribution >= 0.6 is 0 Å². The van der Waals surface area contributed by atoms with Crippen molar-refractivity contribution < 1.29 is 0 Å². The van der Waals surface area contributed by atoms with Gasteiger partial charge in [0.05, 0.1) is 5.52 Å². The Kier molecular flexibility index (Phi) is 6.50. The first-order valence-electron chi connectivity index (χ1n) is 12.2. The number of hydrogen-bond donors (Lipinski definition) is 1. The van der Waals surface area contributed by atoms with Crippen LogP contribution in [0.25, 0.3) is 22.2 Å². The van der Waals surface area contributed by atoms with Gasteiger partial charge in [-0.2, -0.15) is 0 Å². The molecule has 1 aliphatic rings. The molecule has 1 saturated heterocycles. The summed E-state index contributed by atoms with van der Waals surface area (Å²) in [6.07, 6.45) is 6.63. The number of nitrogens with zero attached hydrogens (tertiary/aromatic N) is 5. The average Bonchev–Trinajstić information content (AvgIpc) is 3.33. The molecule has 1 aliphatic heterocycles. The number of anilines is 2. The van der Waals surface area contributed by atoms with Gasteiger partial charge in [0.15, 0.2) is 0 Å². The fourth-order valence-corrected chi connectivity index (χ4v) is 4.99. The SMILES string of the molecule is Cc1cccc(C)c1-c1cc(C)c2nc(Nc3ccnc(CCCN4CCCC4)c3)nnc2c1. The zero-order chi connectivity index (χ0) is 23.5. The Morgan fingerprint density at radius 2 is 1.71 bits per heavy atom. The molecule has 3 heterocycles. The predicted octanol–water partition coefficient (Wildman–Crippen LogP) is 5.78. The van der Waals surface area contributed by atoms with E-state index in [1.807, 2.05) is 12.3 Å². The lowest BCUT2D eigenvalue weighted by Crippen LogP contribution is -2.20. The molecule has 0 amide bonds. The molecule has 0 atom stereocenters. The van der Waals surface area contributed by atoms with Gasteiger partial charge in [-0.25, -0.2) is 4.98 Å². The second-order valence-corrected chi connectivity index (χ2v) is 9.38. The van der Waals surface area contributed by atoms with Gasteiger partial charge in [0.2, 0.25) is 5.95 Å². The van der Waals surface area contributed by atoms with Crippen LogP contribution in [0.2, 0.25) is 0 Å². The van der Waals surface area contributed by atoms with Crippen LogP contribution in [0.1, 0.15) is 41.6 Å². The fraction of sp³-hybridized carbons (Fsp3) is 0.357. The number of aryl methyl sites for hydroxylation is 4. The van der Waals surface area contributed by atoms with Crippen LogP contribution in [0, 0.1) is 20.8 Å². The highest BCUT2D eigenvalue weighted by atomic mass is 15.2. The maximum absolute atomic E-state index is 4.78. The van der Waals surface area contributed by atoms with E-state index < -0.39 is 0 Å². The van der Waals surface area contributed by atoms with E-state index in [2.05, 4.69) is 82.6 Å². The zero-order valence-corrected chi connectivity index (χ0v) is 20.3. The third-order valence-corrected chi connectivity index (χ3v) is 6.70. The summed E-state index contributed by atoms with van der Waals surface area (Å²) in [5, 5.41) is 12.2. The number of nitrogens with one attached hydrogen (secondary N) is 1. The summed E-state index contributed by atoms with van der Waals surface area (Å²) in [4.78, 5) is 11.9. The summed E-state index contributed by atoms with van der Waals surface area (Å²) in [6.45, 7) is 10.0. The highest BCUT2D eigenvalue weighted by Crippen LogP contribution is 2.31. The molecule has 6 nitrogen and oxygen atoms in total. The monoisotopic (exact) mass is 452 g/mol. The molecule has 2 aromatic carbocycles. The summed E-state index contributed by atoms with van der Waals surface area (Å²) in [5.74, 6) is 0.504. The third-order valence-electron chi connectivity index (χ3n) is 6.70. The molecule has 2 aromatic heterocycles. The van der Waals surface area contributed by atoms with Crippen LogP contribution < -0.4 is 5.32 Å². The molecular formula is C28H32N6. The van der Waals surface area contributed by atoms with E-state index in [0.717, 1.165) is 52.9 Å². The first kappa shape index (κ1) is 22.4. The van der Waals surface area contributed by atoms with Gasteiger partial charge in [-0.15, -0.1) is 10.2 Å². The number of rotatable bonds is 7. The maximum Gasteiger partial charge on any atom is 0.247 e. The van der Waals surface area contributed by atoms with Gasteiger partial charge in [0.1, 0.15) is 5.52 Å². The van der Waals surface area contributed by atoms with E-state index in [4.69, 9.17) is 4.98 Å². The number of pyridine rings is 1. The third kappa shape index (κ3) is 4.92. The first-order valence-corrected chi connectivity index (χ1v) is 12.2. The molecule has 1 N–H and O–H groups in total. The molecule has 0 aliphatic carbocycles. The van der Waals surface area contributed by atoms with Crippen molar-refractivity contribution in [1.82, 2.24) is 25.1 Å². The minimum atomic E-state index is 0.504. The molecular weight excluding hydrogens is 420 g/mol. The van der Waals surface area contributed by atoms with Gasteiger partial charge in [-0.1, -0.05) is 18.2 Å². The van der Waals surface area contributed by atoms with E-state index in [9.17, 15) is 0 Å². The predicted molar refractivity (Wildman–Crippen MR) is 138 cm³/mol. The van der Waals surface area contributed by atoms with Crippen LogP contribution in [0.3, 0.4) is 0 Å². The molecule has 174 valence electrons. The summed E-state index contributed by atoms with van der Waals surface area (Å²) in [5.41, 5.74) is 9.72. The van der Waals surface area contributed by atoms with Crippen molar-refractivity contribution in [3.05, 3.63) is 71.0 Å². The molecule has 0 bridgehead atoms. The van der Waals surface area contributed by atoms with E-state index >= 15 is 0 Å². The number of fused-ring (bicyclic) bond motifs is 1. The van der Waals surface area contributed by atoms with Crippen molar-refractivity contribution in [2.75, 3.05) is 25.0 Å². The Labute approximate surface area is 201 Å². The summed E-state index contributed by atoms with van der Waals surface area (Å²) < 4.78 is 0. The summed E-state index contributed by atoms with van der Waals surface area (Å²) in [7, 11) is 0. The van der Waals surface area contributed by atoms with Crippen LogP contribution in [0.5, 0.6) is 0 Å². The van der Waals surface area contributed by atoms with Gasteiger partial charge in [-0.3, -0.25) is 4.98 Å². The maximum atomic E-state index is 4.78. The van der Waals surface area contributed by atoms with E-state index in [1.165, 1.54) is 42.6 Å². The number of hydrogen-bond acceptors (Lipinski definition) is 6.